The van der Waals surface area contributed by atoms with E-state index in [4.69, 9.17) is 11.0 Å². The number of carbonyl (C=O) groups excluding carboxylic acids is 1. The lowest BCUT2D eigenvalue weighted by molar-refractivity contribution is -0.131. The van der Waals surface area contributed by atoms with Crippen LogP contribution >= 0.6 is 0 Å². The van der Waals surface area contributed by atoms with Crippen molar-refractivity contribution in [1.29, 1.82) is 5.26 Å². The number of para-hydroxylation sites is 1. The van der Waals surface area contributed by atoms with Crippen molar-refractivity contribution < 1.29 is 4.79 Å². The third-order valence-corrected chi connectivity index (χ3v) is 3.58. The Morgan fingerprint density at radius 3 is 2.90 bits per heavy atom. The first kappa shape index (κ1) is 15.1. The molecule has 3 N–H and O–H groups in total. The highest BCUT2D eigenvalue weighted by molar-refractivity contribution is 5.86. The molecule has 1 heterocycles. The van der Waals surface area contributed by atoms with Crippen LogP contribution in [0.15, 0.2) is 30.5 Å². The number of H-pyrrole nitrogens is 1. The van der Waals surface area contributed by atoms with Gasteiger partial charge in [0, 0.05) is 30.7 Å². The van der Waals surface area contributed by atoms with Crippen LogP contribution in [0.5, 0.6) is 0 Å². The molecule has 2 rings (SSSR count). The maximum absolute atomic E-state index is 12.2. The van der Waals surface area contributed by atoms with E-state index in [1.165, 1.54) is 4.90 Å². The zero-order valence-corrected chi connectivity index (χ0v) is 12.3. The number of aromatic nitrogens is 1. The molecule has 110 valence electrons. The van der Waals surface area contributed by atoms with Gasteiger partial charge in [-0.2, -0.15) is 5.26 Å². The molecule has 0 bridgehead atoms. The van der Waals surface area contributed by atoms with Crippen molar-refractivity contribution in [2.24, 2.45) is 11.7 Å². The summed E-state index contributed by atoms with van der Waals surface area (Å²) >= 11 is 0. The maximum Gasteiger partial charge on any atom is 0.239 e. The fraction of sp³-hybridized carbons (Fsp3) is 0.375. The van der Waals surface area contributed by atoms with Crippen LogP contribution < -0.4 is 5.73 Å². The molecule has 1 amide bonds. The molecule has 2 aromatic rings. The van der Waals surface area contributed by atoms with E-state index in [9.17, 15) is 4.79 Å². The molecule has 1 aromatic heterocycles. The summed E-state index contributed by atoms with van der Waals surface area (Å²) in [4.78, 5) is 17.0. The molecule has 5 heteroatoms. The van der Waals surface area contributed by atoms with Crippen LogP contribution in [0.2, 0.25) is 0 Å². The van der Waals surface area contributed by atoms with E-state index in [1.54, 1.807) is 14.0 Å². The summed E-state index contributed by atoms with van der Waals surface area (Å²) in [5.41, 5.74) is 8.11. The summed E-state index contributed by atoms with van der Waals surface area (Å²) in [6.45, 7) is 2.19. The highest BCUT2D eigenvalue weighted by Gasteiger charge is 2.20. The zero-order valence-electron chi connectivity index (χ0n) is 12.3. The van der Waals surface area contributed by atoms with E-state index < -0.39 is 6.04 Å². The Labute approximate surface area is 124 Å². The number of nitrogens with zero attached hydrogens (tertiary/aromatic N) is 2. The highest BCUT2D eigenvalue weighted by Crippen LogP contribution is 2.19. The maximum atomic E-state index is 12.2. The Hall–Kier alpha value is -2.32. The first-order valence-electron chi connectivity index (χ1n) is 6.98. The molecule has 0 aliphatic carbocycles. The van der Waals surface area contributed by atoms with Crippen LogP contribution in [0.25, 0.3) is 10.9 Å². The van der Waals surface area contributed by atoms with Crippen LogP contribution in [-0.4, -0.2) is 35.4 Å². The molecule has 0 saturated carbocycles. The van der Waals surface area contributed by atoms with Crippen LogP contribution in [0, 0.1) is 17.2 Å². The third kappa shape index (κ3) is 3.41. The summed E-state index contributed by atoms with van der Waals surface area (Å²) in [7, 11) is 1.69. The Balaban J connectivity index is 2.05. The predicted octanol–water partition coefficient (Wildman–Crippen LogP) is 1.66. The number of likely N-dealkylation sites (N-methyl/N-ethyl adjacent to an activating group) is 1. The minimum Gasteiger partial charge on any atom is -0.361 e. The molecule has 0 aliphatic heterocycles. The van der Waals surface area contributed by atoms with E-state index >= 15 is 0 Å². The molecule has 0 spiro atoms. The molecule has 0 saturated heterocycles. The number of nitriles is 1. The van der Waals surface area contributed by atoms with Gasteiger partial charge in [-0.1, -0.05) is 18.2 Å². The highest BCUT2D eigenvalue weighted by atomic mass is 16.2. The molecule has 0 aliphatic rings. The summed E-state index contributed by atoms with van der Waals surface area (Å²) in [6, 6.07) is 9.46. The molecule has 21 heavy (non-hydrogen) atoms. The molecule has 0 fully saturated rings. The summed E-state index contributed by atoms with van der Waals surface area (Å²) in [6.07, 6.45) is 2.38. The largest absolute Gasteiger partial charge is 0.361 e. The van der Waals surface area contributed by atoms with Gasteiger partial charge >= 0.3 is 0 Å². The van der Waals surface area contributed by atoms with Gasteiger partial charge in [0.1, 0.15) is 0 Å². The van der Waals surface area contributed by atoms with E-state index in [-0.39, 0.29) is 11.8 Å². The number of fused-ring (bicyclic) bond motifs is 1. The lowest BCUT2D eigenvalue weighted by atomic mass is 10.0. The number of amides is 1. The number of nitrogens with two attached hydrogens (primary N) is 1. The Bertz CT molecular complexity index is 670. The van der Waals surface area contributed by atoms with Crippen molar-refractivity contribution in [3.8, 4) is 6.07 Å². The van der Waals surface area contributed by atoms with Crippen LogP contribution in [0.4, 0.5) is 0 Å². The number of nitrogens with one attached hydrogen (secondary N) is 1. The van der Waals surface area contributed by atoms with Gasteiger partial charge in [0.15, 0.2) is 0 Å². The lowest BCUT2D eigenvalue weighted by Crippen LogP contribution is -2.44. The van der Waals surface area contributed by atoms with Gasteiger partial charge < -0.3 is 15.6 Å². The quantitative estimate of drug-likeness (QED) is 0.875. The zero-order chi connectivity index (χ0) is 15.4. The SMILES string of the molecule is CC(C#N)CN(C)C(=O)[C@H](N)Cc1c[nH]c2ccccc12. The standard InChI is InChI=1S/C16H20N4O/c1-11(8-17)10-20(2)16(21)14(18)7-12-9-19-15-6-4-3-5-13(12)15/h3-6,9,11,14,19H,7,10,18H2,1-2H3/t11?,14-/m1/s1. The molecule has 5 nitrogen and oxygen atoms in total. The fourth-order valence-electron chi connectivity index (χ4n) is 2.45. The molecule has 1 unspecified atom stereocenters. The number of rotatable bonds is 5. The van der Waals surface area contributed by atoms with Gasteiger partial charge in [-0.25, -0.2) is 0 Å². The molecule has 2 atom stereocenters. The lowest BCUT2D eigenvalue weighted by Gasteiger charge is -2.22. The normalized spacial score (nSPS) is 13.6. The van der Waals surface area contributed by atoms with Crippen molar-refractivity contribution >= 4 is 16.8 Å². The minimum atomic E-state index is -0.597. The first-order valence-corrected chi connectivity index (χ1v) is 6.98. The number of hydrogen-bond acceptors (Lipinski definition) is 3. The van der Waals surface area contributed by atoms with Gasteiger partial charge in [0.25, 0.3) is 0 Å². The second-order valence-electron chi connectivity index (χ2n) is 5.42. The predicted molar refractivity (Wildman–Crippen MR) is 82.4 cm³/mol. The number of hydrogen-bond donors (Lipinski definition) is 2. The Morgan fingerprint density at radius 2 is 2.19 bits per heavy atom. The number of carbonyl (C=O) groups is 1. The Morgan fingerprint density at radius 1 is 1.48 bits per heavy atom. The van der Waals surface area contributed by atoms with Crippen molar-refractivity contribution in [1.82, 2.24) is 9.88 Å². The number of benzene rings is 1. The van der Waals surface area contributed by atoms with Gasteiger partial charge in [-0.3, -0.25) is 4.79 Å². The van der Waals surface area contributed by atoms with Gasteiger partial charge in [0.2, 0.25) is 5.91 Å². The average molecular weight is 284 g/mol. The summed E-state index contributed by atoms with van der Waals surface area (Å²) in [5, 5.41) is 9.90. The fourth-order valence-corrected chi connectivity index (χ4v) is 2.45. The van der Waals surface area contributed by atoms with Gasteiger partial charge in [-0.15, -0.1) is 0 Å². The van der Waals surface area contributed by atoms with Gasteiger partial charge in [0.05, 0.1) is 18.0 Å². The molecular formula is C16H20N4O. The van der Waals surface area contributed by atoms with Crippen LogP contribution in [-0.2, 0) is 11.2 Å². The molecular weight excluding hydrogens is 264 g/mol. The van der Waals surface area contributed by atoms with E-state index in [1.807, 2.05) is 30.5 Å². The van der Waals surface area contributed by atoms with Crippen molar-refractivity contribution in [2.45, 2.75) is 19.4 Å². The van der Waals surface area contributed by atoms with Crippen molar-refractivity contribution in [3.63, 3.8) is 0 Å². The van der Waals surface area contributed by atoms with E-state index in [0.717, 1.165) is 16.5 Å². The second-order valence-corrected chi connectivity index (χ2v) is 5.42. The van der Waals surface area contributed by atoms with E-state index in [0.29, 0.717) is 13.0 Å². The smallest absolute Gasteiger partial charge is 0.239 e. The first-order chi connectivity index (χ1) is 10.0. The molecule has 0 radical (unpaired) electrons. The second kappa shape index (κ2) is 6.42. The van der Waals surface area contributed by atoms with Crippen molar-refractivity contribution in [3.05, 3.63) is 36.0 Å². The minimum absolute atomic E-state index is 0.137. The van der Waals surface area contributed by atoms with Gasteiger partial charge in [-0.05, 0) is 25.0 Å². The topological polar surface area (TPSA) is 85.9 Å². The summed E-state index contributed by atoms with van der Waals surface area (Å²) < 4.78 is 0. The van der Waals surface area contributed by atoms with Crippen LogP contribution in [0.3, 0.4) is 0 Å². The summed E-state index contributed by atoms with van der Waals surface area (Å²) in [5.74, 6) is -0.332. The Kier molecular flexibility index (Phi) is 4.61. The van der Waals surface area contributed by atoms with E-state index in [2.05, 4.69) is 11.1 Å². The monoisotopic (exact) mass is 284 g/mol. The third-order valence-electron chi connectivity index (χ3n) is 3.58. The average Bonchev–Trinajstić information content (AvgIpc) is 2.89. The molecule has 1 aromatic carbocycles. The number of aromatic amines is 1. The van der Waals surface area contributed by atoms with Crippen LogP contribution in [0.1, 0.15) is 12.5 Å². The van der Waals surface area contributed by atoms with Crippen molar-refractivity contribution in [2.75, 3.05) is 13.6 Å².